The quantitative estimate of drug-likeness (QED) is 0.573. The summed E-state index contributed by atoms with van der Waals surface area (Å²) in [5.74, 6) is -1.70. The topological polar surface area (TPSA) is 91.7 Å². The van der Waals surface area contributed by atoms with Crippen LogP contribution < -0.4 is 0 Å². The first-order valence-corrected chi connectivity index (χ1v) is 4.97. The highest BCUT2D eigenvalue weighted by molar-refractivity contribution is 7.90. The van der Waals surface area contributed by atoms with Crippen molar-refractivity contribution in [2.75, 3.05) is 12.0 Å². The molecule has 0 aromatic heterocycles. The highest BCUT2D eigenvalue weighted by Crippen LogP contribution is 1.95. The number of aliphatic carboxylic acids is 1. The Balaban J connectivity index is 3.82. The molecule has 0 aromatic rings. The number of carbonyl (C=O) groups is 1. The molecule has 0 saturated carbocycles. The van der Waals surface area contributed by atoms with Gasteiger partial charge in [0.1, 0.15) is 9.84 Å². The van der Waals surface area contributed by atoms with E-state index >= 15 is 0 Å². The van der Waals surface area contributed by atoms with Crippen LogP contribution in [0.5, 0.6) is 0 Å². The van der Waals surface area contributed by atoms with E-state index < -0.39 is 21.9 Å². The zero-order valence-corrected chi connectivity index (χ0v) is 6.84. The average Bonchev–Trinajstić information content (AvgIpc) is 1.80. The van der Waals surface area contributed by atoms with Gasteiger partial charge in [-0.2, -0.15) is 0 Å². The molecule has 1 atom stereocenters. The minimum absolute atomic E-state index is 0.256. The fraction of sp³-hybridized carbons (Fsp3) is 0.800. The van der Waals surface area contributed by atoms with Crippen LogP contribution in [0.3, 0.4) is 0 Å². The Labute approximate surface area is 64.6 Å². The summed E-state index contributed by atoms with van der Waals surface area (Å²) in [5, 5.41) is 16.8. The number of carboxylic acid groups (broad SMARTS) is 1. The number of rotatable bonds is 4. The lowest BCUT2D eigenvalue weighted by molar-refractivity contribution is -0.146. The third kappa shape index (κ3) is 5.81. The van der Waals surface area contributed by atoms with Gasteiger partial charge in [0.2, 0.25) is 0 Å². The standard InChI is InChI=1S/C5H10O5S/c1-11(9,10)3-2-4(6)5(7)8/h4,6H,2-3H2,1H3,(H,7,8). The van der Waals surface area contributed by atoms with Crippen molar-refractivity contribution in [2.45, 2.75) is 12.5 Å². The molecule has 0 bridgehead atoms. The van der Waals surface area contributed by atoms with Crippen LogP contribution in [0.25, 0.3) is 0 Å². The zero-order valence-electron chi connectivity index (χ0n) is 6.02. The van der Waals surface area contributed by atoms with E-state index in [1.54, 1.807) is 0 Å². The largest absolute Gasteiger partial charge is 0.479 e. The Kier molecular flexibility index (Phi) is 3.47. The molecule has 0 fully saturated rings. The monoisotopic (exact) mass is 182 g/mol. The normalized spacial score (nSPS) is 14.4. The summed E-state index contributed by atoms with van der Waals surface area (Å²) in [6, 6.07) is 0. The molecule has 5 nitrogen and oxygen atoms in total. The van der Waals surface area contributed by atoms with Gasteiger partial charge in [-0.3, -0.25) is 0 Å². The zero-order chi connectivity index (χ0) is 9.07. The number of hydrogen-bond acceptors (Lipinski definition) is 4. The molecule has 0 aromatic carbocycles. The van der Waals surface area contributed by atoms with Crippen molar-refractivity contribution in [2.24, 2.45) is 0 Å². The molecule has 2 N–H and O–H groups in total. The molecule has 0 saturated heterocycles. The Hall–Kier alpha value is -0.620. The molecule has 0 aliphatic carbocycles. The average molecular weight is 182 g/mol. The Bertz CT molecular complexity index is 229. The molecular weight excluding hydrogens is 172 g/mol. The Morgan fingerprint density at radius 1 is 1.55 bits per heavy atom. The van der Waals surface area contributed by atoms with Gasteiger partial charge in [-0.25, -0.2) is 13.2 Å². The maximum absolute atomic E-state index is 10.5. The first-order chi connectivity index (χ1) is 4.83. The second-order valence-corrected chi connectivity index (χ2v) is 4.53. The fourth-order valence-corrected chi connectivity index (χ4v) is 1.10. The van der Waals surface area contributed by atoms with Crippen LogP contribution in [0.2, 0.25) is 0 Å². The van der Waals surface area contributed by atoms with Crippen molar-refractivity contribution < 1.29 is 23.4 Å². The highest BCUT2D eigenvalue weighted by Gasteiger charge is 2.15. The van der Waals surface area contributed by atoms with E-state index in [0.29, 0.717) is 0 Å². The van der Waals surface area contributed by atoms with Gasteiger partial charge >= 0.3 is 5.97 Å². The second kappa shape index (κ2) is 3.68. The van der Waals surface area contributed by atoms with E-state index in [1.165, 1.54) is 0 Å². The molecule has 0 radical (unpaired) electrons. The lowest BCUT2D eigenvalue weighted by atomic mass is 10.3. The van der Waals surface area contributed by atoms with Gasteiger partial charge in [0, 0.05) is 6.26 Å². The van der Waals surface area contributed by atoms with Gasteiger partial charge in [0.05, 0.1) is 5.75 Å². The number of aliphatic hydroxyl groups excluding tert-OH is 1. The fourth-order valence-electron chi connectivity index (χ4n) is 0.449. The summed E-state index contributed by atoms with van der Waals surface area (Å²) in [4.78, 5) is 9.97. The molecular formula is C5H10O5S. The van der Waals surface area contributed by atoms with E-state index in [0.717, 1.165) is 6.26 Å². The van der Waals surface area contributed by atoms with Crippen molar-refractivity contribution >= 4 is 15.8 Å². The van der Waals surface area contributed by atoms with E-state index in [4.69, 9.17) is 10.2 Å². The predicted molar refractivity (Wildman–Crippen MR) is 38.0 cm³/mol. The van der Waals surface area contributed by atoms with Gasteiger partial charge in [0.25, 0.3) is 0 Å². The third-order valence-corrected chi connectivity index (χ3v) is 2.02. The molecule has 0 rings (SSSR count). The second-order valence-electron chi connectivity index (χ2n) is 2.27. The van der Waals surface area contributed by atoms with E-state index in [2.05, 4.69) is 0 Å². The van der Waals surface area contributed by atoms with Crippen molar-refractivity contribution in [3.05, 3.63) is 0 Å². The lowest BCUT2D eigenvalue weighted by Crippen LogP contribution is -2.22. The Morgan fingerprint density at radius 2 is 2.00 bits per heavy atom. The number of hydrogen-bond donors (Lipinski definition) is 2. The number of carboxylic acids is 1. The SMILES string of the molecule is CS(=O)(=O)CCC(O)C(=O)O. The van der Waals surface area contributed by atoms with E-state index in [9.17, 15) is 13.2 Å². The van der Waals surface area contributed by atoms with Crippen molar-refractivity contribution in [3.63, 3.8) is 0 Å². The third-order valence-electron chi connectivity index (χ3n) is 1.05. The Morgan fingerprint density at radius 3 is 2.27 bits per heavy atom. The van der Waals surface area contributed by atoms with Gasteiger partial charge in [0.15, 0.2) is 6.10 Å². The minimum atomic E-state index is -3.18. The van der Waals surface area contributed by atoms with Gasteiger partial charge in [-0.05, 0) is 6.42 Å². The van der Waals surface area contributed by atoms with Crippen LogP contribution in [0.15, 0.2) is 0 Å². The summed E-state index contributed by atoms with van der Waals surface area (Å²) < 4.78 is 20.9. The van der Waals surface area contributed by atoms with Crippen molar-refractivity contribution in [3.8, 4) is 0 Å². The smallest absolute Gasteiger partial charge is 0.332 e. The molecule has 66 valence electrons. The summed E-state index contributed by atoms with van der Waals surface area (Å²) in [7, 11) is -3.18. The highest BCUT2D eigenvalue weighted by atomic mass is 32.2. The first-order valence-electron chi connectivity index (χ1n) is 2.91. The molecule has 0 heterocycles. The maximum atomic E-state index is 10.5. The molecule has 0 spiro atoms. The molecule has 0 aliphatic heterocycles. The first kappa shape index (κ1) is 10.4. The maximum Gasteiger partial charge on any atom is 0.332 e. The summed E-state index contributed by atoms with van der Waals surface area (Å²) >= 11 is 0. The van der Waals surface area contributed by atoms with Crippen LogP contribution in [0, 0.1) is 0 Å². The van der Waals surface area contributed by atoms with Crippen LogP contribution in [0.1, 0.15) is 6.42 Å². The summed E-state index contributed by atoms with van der Waals surface area (Å²) in [6.45, 7) is 0. The van der Waals surface area contributed by atoms with Crippen molar-refractivity contribution in [1.82, 2.24) is 0 Å². The van der Waals surface area contributed by atoms with Gasteiger partial charge in [-0.1, -0.05) is 0 Å². The van der Waals surface area contributed by atoms with E-state index in [-0.39, 0.29) is 12.2 Å². The number of sulfone groups is 1. The van der Waals surface area contributed by atoms with Gasteiger partial charge < -0.3 is 10.2 Å². The number of aliphatic hydroxyl groups is 1. The summed E-state index contributed by atoms with van der Waals surface area (Å²) in [5.41, 5.74) is 0. The van der Waals surface area contributed by atoms with E-state index in [1.807, 2.05) is 0 Å². The summed E-state index contributed by atoms with van der Waals surface area (Å²) in [6.07, 6.45) is -0.847. The molecule has 1 unspecified atom stereocenters. The van der Waals surface area contributed by atoms with Crippen molar-refractivity contribution in [1.29, 1.82) is 0 Å². The molecule has 6 heteroatoms. The van der Waals surface area contributed by atoms with Crippen LogP contribution in [-0.2, 0) is 14.6 Å². The lowest BCUT2D eigenvalue weighted by Gasteiger charge is -2.02. The van der Waals surface area contributed by atoms with Crippen LogP contribution >= 0.6 is 0 Å². The molecule has 0 aliphatic rings. The predicted octanol–water partition coefficient (Wildman–Crippen LogP) is -1.13. The van der Waals surface area contributed by atoms with Crippen LogP contribution in [-0.4, -0.2) is 42.7 Å². The van der Waals surface area contributed by atoms with Gasteiger partial charge in [-0.15, -0.1) is 0 Å². The minimum Gasteiger partial charge on any atom is -0.479 e. The van der Waals surface area contributed by atoms with Crippen LogP contribution in [0.4, 0.5) is 0 Å². The molecule has 11 heavy (non-hydrogen) atoms. The molecule has 0 amide bonds.